The van der Waals surface area contributed by atoms with Crippen molar-refractivity contribution in [1.82, 2.24) is 0 Å². The quantitative estimate of drug-likeness (QED) is 0.569. The Morgan fingerprint density at radius 2 is 2.27 bits per heavy atom. The van der Waals surface area contributed by atoms with Crippen LogP contribution in [0.25, 0.3) is 0 Å². The van der Waals surface area contributed by atoms with E-state index in [0.29, 0.717) is 11.3 Å². The van der Waals surface area contributed by atoms with E-state index in [1.807, 2.05) is 0 Å². The first-order chi connectivity index (χ1) is 7.19. The van der Waals surface area contributed by atoms with Crippen molar-refractivity contribution in [2.24, 2.45) is 4.99 Å². The first kappa shape index (κ1) is 11.3. The fourth-order valence-electron chi connectivity index (χ4n) is 1.14. The monoisotopic (exact) mass is 213 g/mol. The Hall–Kier alpha value is -1.74. The normalized spacial score (nSPS) is 9.87. The van der Waals surface area contributed by atoms with Crippen molar-refractivity contribution in [3.8, 4) is 5.75 Å². The van der Waals surface area contributed by atoms with Gasteiger partial charge in [-0.05, 0) is 6.07 Å². The predicted molar refractivity (Wildman–Crippen MR) is 49.8 cm³/mol. The number of nitrogens with zero attached hydrogens (tertiary/aromatic N) is 1. The molecule has 1 aromatic carbocycles. The molecule has 80 valence electrons. The molecule has 0 heterocycles. The molecule has 0 N–H and O–H groups in total. The summed E-state index contributed by atoms with van der Waals surface area (Å²) in [5.74, 6) is 0.298. The van der Waals surface area contributed by atoms with Crippen LogP contribution in [0, 0.1) is 0 Å². The molecule has 0 amide bonds. The van der Waals surface area contributed by atoms with Crippen LogP contribution in [0.3, 0.4) is 0 Å². The zero-order valence-corrected chi connectivity index (χ0v) is 8.04. The third-order valence-corrected chi connectivity index (χ3v) is 1.88. The highest BCUT2D eigenvalue weighted by atomic mass is 19.3. The molecular formula is C10H9F2NO2. The molecule has 1 rings (SSSR count). The van der Waals surface area contributed by atoms with Gasteiger partial charge < -0.3 is 4.74 Å². The third-order valence-electron chi connectivity index (χ3n) is 1.88. The zero-order valence-electron chi connectivity index (χ0n) is 8.04. The molecule has 0 fully saturated rings. The van der Waals surface area contributed by atoms with Crippen molar-refractivity contribution >= 4 is 6.08 Å². The van der Waals surface area contributed by atoms with Crippen LogP contribution in [0.2, 0.25) is 0 Å². The van der Waals surface area contributed by atoms with Crippen molar-refractivity contribution < 1.29 is 18.3 Å². The number of hydrogen-bond acceptors (Lipinski definition) is 3. The minimum absolute atomic E-state index is 0.0796. The minimum Gasteiger partial charge on any atom is -0.496 e. The van der Waals surface area contributed by atoms with Gasteiger partial charge in [-0.3, -0.25) is 0 Å². The minimum atomic E-state index is -2.54. The van der Waals surface area contributed by atoms with E-state index in [1.54, 1.807) is 0 Å². The molecule has 15 heavy (non-hydrogen) atoms. The van der Waals surface area contributed by atoms with E-state index in [-0.39, 0.29) is 12.1 Å². The van der Waals surface area contributed by atoms with E-state index in [2.05, 4.69) is 4.99 Å². The standard InChI is InChI=1S/C10H9F2NO2/c1-15-9-4-7(10(11)12)2-3-8(9)5-13-6-14/h2-4,10H,5H2,1H3. The molecule has 0 radical (unpaired) electrons. The van der Waals surface area contributed by atoms with E-state index in [9.17, 15) is 13.6 Å². The van der Waals surface area contributed by atoms with Crippen LogP contribution >= 0.6 is 0 Å². The highest BCUT2D eigenvalue weighted by Crippen LogP contribution is 2.26. The SMILES string of the molecule is COc1cc(C(F)F)ccc1CN=C=O. The lowest BCUT2D eigenvalue weighted by molar-refractivity contribution is 0.151. The number of carbonyl (C=O) groups excluding carboxylic acids is 1. The van der Waals surface area contributed by atoms with Gasteiger partial charge in [0.2, 0.25) is 6.08 Å². The molecule has 0 aliphatic rings. The Kier molecular flexibility index (Phi) is 3.94. The van der Waals surface area contributed by atoms with Crippen LogP contribution in [0.4, 0.5) is 8.78 Å². The summed E-state index contributed by atoms with van der Waals surface area (Å²) in [6.45, 7) is 0.0796. The lowest BCUT2D eigenvalue weighted by Gasteiger charge is -2.08. The Morgan fingerprint density at radius 3 is 2.80 bits per heavy atom. The second-order valence-corrected chi connectivity index (χ2v) is 2.78. The summed E-state index contributed by atoms with van der Waals surface area (Å²) in [7, 11) is 1.37. The van der Waals surface area contributed by atoms with Crippen molar-refractivity contribution in [2.75, 3.05) is 7.11 Å². The smallest absolute Gasteiger partial charge is 0.263 e. The highest BCUT2D eigenvalue weighted by Gasteiger charge is 2.10. The molecule has 0 aromatic heterocycles. The molecule has 0 aliphatic carbocycles. The van der Waals surface area contributed by atoms with Crippen molar-refractivity contribution in [3.05, 3.63) is 29.3 Å². The Morgan fingerprint density at radius 1 is 1.53 bits per heavy atom. The summed E-state index contributed by atoms with van der Waals surface area (Å²) in [5.41, 5.74) is 0.455. The first-order valence-electron chi connectivity index (χ1n) is 4.17. The number of ether oxygens (including phenoxy) is 1. The van der Waals surface area contributed by atoms with Gasteiger partial charge >= 0.3 is 0 Å². The molecule has 0 spiro atoms. The number of methoxy groups -OCH3 is 1. The van der Waals surface area contributed by atoms with Gasteiger partial charge in [0.15, 0.2) is 0 Å². The molecule has 3 nitrogen and oxygen atoms in total. The van der Waals surface area contributed by atoms with Crippen LogP contribution in [0.1, 0.15) is 17.6 Å². The van der Waals surface area contributed by atoms with E-state index in [4.69, 9.17) is 4.74 Å². The molecule has 1 aromatic rings. The van der Waals surface area contributed by atoms with Gasteiger partial charge in [0.05, 0.1) is 13.7 Å². The molecule has 0 aliphatic heterocycles. The number of alkyl halides is 2. The fourth-order valence-corrected chi connectivity index (χ4v) is 1.14. The van der Waals surface area contributed by atoms with Gasteiger partial charge in [0, 0.05) is 11.1 Å². The first-order valence-corrected chi connectivity index (χ1v) is 4.17. The molecule has 0 saturated carbocycles. The number of benzene rings is 1. The maximum absolute atomic E-state index is 12.3. The summed E-state index contributed by atoms with van der Waals surface area (Å²) >= 11 is 0. The lowest BCUT2D eigenvalue weighted by Crippen LogP contribution is -1.93. The van der Waals surface area contributed by atoms with Gasteiger partial charge in [-0.1, -0.05) is 12.1 Å². The second-order valence-electron chi connectivity index (χ2n) is 2.78. The third kappa shape index (κ3) is 2.86. The van der Waals surface area contributed by atoms with Crippen molar-refractivity contribution in [3.63, 3.8) is 0 Å². The fraction of sp³-hybridized carbons (Fsp3) is 0.300. The maximum Gasteiger partial charge on any atom is 0.263 e. The molecular weight excluding hydrogens is 204 g/mol. The second kappa shape index (κ2) is 5.22. The highest BCUT2D eigenvalue weighted by molar-refractivity contribution is 5.40. The van der Waals surface area contributed by atoms with Crippen LogP contribution in [-0.2, 0) is 11.3 Å². The van der Waals surface area contributed by atoms with Gasteiger partial charge in [0.1, 0.15) is 5.75 Å². The number of halogens is 2. The van der Waals surface area contributed by atoms with Crippen LogP contribution in [0.15, 0.2) is 23.2 Å². The summed E-state index contributed by atoms with van der Waals surface area (Å²) in [4.78, 5) is 13.3. The molecule has 5 heteroatoms. The summed E-state index contributed by atoms with van der Waals surface area (Å²) in [5, 5.41) is 0. The van der Waals surface area contributed by atoms with Gasteiger partial charge in [-0.2, -0.15) is 0 Å². The Labute approximate surface area is 85.4 Å². The predicted octanol–water partition coefficient (Wildman–Crippen LogP) is 2.47. The van der Waals surface area contributed by atoms with Gasteiger partial charge in [-0.15, -0.1) is 0 Å². The molecule has 0 atom stereocenters. The Bertz CT molecular complexity index is 387. The van der Waals surface area contributed by atoms with Gasteiger partial charge in [-0.25, -0.2) is 18.6 Å². The Balaban J connectivity index is 3.03. The summed E-state index contributed by atoms with van der Waals surface area (Å²) in [6.07, 6.45) is -1.16. The molecule has 0 unspecified atom stereocenters. The van der Waals surface area contributed by atoms with E-state index < -0.39 is 6.43 Å². The lowest BCUT2D eigenvalue weighted by atomic mass is 10.1. The summed E-state index contributed by atoms with van der Waals surface area (Å²) in [6, 6.07) is 3.98. The van der Waals surface area contributed by atoms with Crippen molar-refractivity contribution in [1.29, 1.82) is 0 Å². The van der Waals surface area contributed by atoms with E-state index in [1.165, 1.54) is 31.4 Å². The van der Waals surface area contributed by atoms with Crippen LogP contribution < -0.4 is 4.74 Å². The van der Waals surface area contributed by atoms with Crippen molar-refractivity contribution in [2.45, 2.75) is 13.0 Å². The number of isocyanates is 1. The average molecular weight is 213 g/mol. The van der Waals surface area contributed by atoms with E-state index in [0.717, 1.165) is 0 Å². The zero-order chi connectivity index (χ0) is 11.3. The number of hydrogen-bond donors (Lipinski definition) is 0. The summed E-state index contributed by atoms with van der Waals surface area (Å²) < 4.78 is 29.6. The van der Waals surface area contributed by atoms with Crippen LogP contribution in [0.5, 0.6) is 5.75 Å². The molecule has 0 saturated heterocycles. The molecule has 0 bridgehead atoms. The van der Waals surface area contributed by atoms with Gasteiger partial charge in [0.25, 0.3) is 6.43 Å². The largest absolute Gasteiger partial charge is 0.496 e. The van der Waals surface area contributed by atoms with E-state index >= 15 is 0 Å². The number of aliphatic imine (C=N–C) groups is 1. The topological polar surface area (TPSA) is 38.7 Å². The maximum atomic E-state index is 12.3. The average Bonchev–Trinajstić information content (AvgIpc) is 2.25. The number of rotatable bonds is 4. The van der Waals surface area contributed by atoms with Crippen LogP contribution in [-0.4, -0.2) is 13.2 Å².